The lowest BCUT2D eigenvalue weighted by molar-refractivity contribution is 0.290. The topological polar surface area (TPSA) is 0 Å². The molecular weight excluding hydrogens is 240 g/mol. The van der Waals surface area contributed by atoms with Gasteiger partial charge in [0.15, 0.2) is 0 Å². The molecule has 1 unspecified atom stereocenters. The predicted octanol–water partition coefficient (Wildman–Crippen LogP) is 6.39. The highest BCUT2D eigenvalue weighted by Gasteiger charge is 2.30. The Bertz CT molecular complexity index is 452. The van der Waals surface area contributed by atoms with Gasteiger partial charge in [-0.25, -0.2) is 0 Å². The highest BCUT2D eigenvalue weighted by molar-refractivity contribution is 5.31. The maximum atomic E-state index is 3.75. The van der Waals surface area contributed by atoms with Crippen molar-refractivity contribution in [3.05, 3.63) is 59.8 Å². The van der Waals surface area contributed by atoms with Gasteiger partial charge in [0.1, 0.15) is 0 Å². The first kappa shape index (κ1) is 16.8. The third-order valence-corrected chi connectivity index (χ3v) is 4.32. The van der Waals surface area contributed by atoms with Crippen LogP contribution in [0.1, 0.15) is 53.9 Å². The summed E-state index contributed by atoms with van der Waals surface area (Å²) in [5.41, 5.74) is 4.44. The highest BCUT2D eigenvalue weighted by atomic mass is 14.3. The summed E-state index contributed by atoms with van der Waals surface area (Å²) < 4.78 is 0. The van der Waals surface area contributed by atoms with Crippen molar-refractivity contribution in [2.75, 3.05) is 0 Å². The fourth-order valence-electron chi connectivity index (χ4n) is 2.90. The van der Waals surface area contributed by atoms with Gasteiger partial charge in [0.05, 0.1) is 0 Å². The lowest BCUT2D eigenvalue weighted by atomic mass is 9.68. The third-order valence-electron chi connectivity index (χ3n) is 4.32. The average Bonchev–Trinajstić information content (AvgIpc) is 2.37. The molecule has 1 atom stereocenters. The molecule has 0 bridgehead atoms. The zero-order valence-electron chi connectivity index (χ0n) is 13.9. The van der Waals surface area contributed by atoms with Crippen molar-refractivity contribution in [3.63, 3.8) is 0 Å². The van der Waals surface area contributed by atoms with Crippen LogP contribution in [0.3, 0.4) is 0 Å². The van der Waals surface area contributed by atoms with Gasteiger partial charge in [-0.15, -0.1) is 0 Å². The molecule has 0 nitrogen and oxygen atoms in total. The number of allylic oxidation sites excluding steroid dienone is 9. The Morgan fingerprint density at radius 3 is 2.50 bits per heavy atom. The molecule has 1 aliphatic rings. The van der Waals surface area contributed by atoms with Gasteiger partial charge >= 0.3 is 0 Å². The summed E-state index contributed by atoms with van der Waals surface area (Å²) in [4.78, 5) is 0. The molecule has 0 amide bonds. The Labute approximate surface area is 125 Å². The molecule has 0 aromatic heterocycles. The fourth-order valence-corrected chi connectivity index (χ4v) is 2.90. The Morgan fingerprint density at radius 1 is 1.20 bits per heavy atom. The first-order valence-electron chi connectivity index (χ1n) is 7.73. The minimum Gasteiger partial charge on any atom is -0.0988 e. The second-order valence-electron chi connectivity index (χ2n) is 6.68. The summed E-state index contributed by atoms with van der Waals surface area (Å²) in [6.45, 7) is 15.1. The van der Waals surface area contributed by atoms with Crippen LogP contribution in [-0.2, 0) is 0 Å². The number of hydrogen-bond acceptors (Lipinski definition) is 0. The predicted molar refractivity (Wildman–Crippen MR) is 91.7 cm³/mol. The van der Waals surface area contributed by atoms with E-state index in [0.29, 0.717) is 5.41 Å². The van der Waals surface area contributed by atoms with Crippen LogP contribution in [-0.4, -0.2) is 0 Å². The summed E-state index contributed by atoms with van der Waals surface area (Å²) in [7, 11) is 0. The fraction of sp³-hybridized carbons (Fsp3) is 0.500. The zero-order valence-corrected chi connectivity index (χ0v) is 13.9. The van der Waals surface area contributed by atoms with Crippen LogP contribution >= 0.6 is 0 Å². The molecule has 110 valence electrons. The average molecular weight is 270 g/mol. The van der Waals surface area contributed by atoms with Crippen LogP contribution in [0.25, 0.3) is 0 Å². The quantitative estimate of drug-likeness (QED) is 0.519. The molecule has 1 fully saturated rings. The smallest absolute Gasteiger partial charge is 0.0139 e. The number of hydrogen-bond donors (Lipinski definition) is 0. The van der Waals surface area contributed by atoms with Crippen LogP contribution < -0.4 is 0 Å². The lowest BCUT2D eigenvalue weighted by Gasteiger charge is -2.37. The first-order valence-corrected chi connectivity index (χ1v) is 7.73. The summed E-state index contributed by atoms with van der Waals surface area (Å²) >= 11 is 0. The number of rotatable bonds is 4. The Morgan fingerprint density at radius 2 is 1.90 bits per heavy atom. The van der Waals surface area contributed by atoms with Crippen molar-refractivity contribution in [2.45, 2.75) is 53.9 Å². The maximum absolute atomic E-state index is 3.75. The molecule has 0 N–H and O–H groups in total. The van der Waals surface area contributed by atoms with E-state index in [1.807, 2.05) is 6.08 Å². The molecule has 0 aromatic carbocycles. The van der Waals surface area contributed by atoms with Crippen molar-refractivity contribution < 1.29 is 0 Å². The monoisotopic (exact) mass is 270 g/mol. The van der Waals surface area contributed by atoms with Crippen LogP contribution in [0.5, 0.6) is 0 Å². The molecule has 0 saturated heterocycles. The molecule has 0 heterocycles. The van der Waals surface area contributed by atoms with Gasteiger partial charge in [-0.05, 0) is 38.0 Å². The van der Waals surface area contributed by atoms with Crippen molar-refractivity contribution in [1.82, 2.24) is 0 Å². The summed E-state index contributed by atoms with van der Waals surface area (Å²) in [5.74, 6) is 0.717. The molecule has 1 saturated carbocycles. The van der Waals surface area contributed by atoms with E-state index in [-0.39, 0.29) is 0 Å². The first-order chi connectivity index (χ1) is 9.36. The van der Waals surface area contributed by atoms with E-state index in [1.165, 1.54) is 30.4 Å². The third kappa shape index (κ3) is 5.00. The van der Waals surface area contributed by atoms with Gasteiger partial charge in [-0.2, -0.15) is 0 Å². The van der Waals surface area contributed by atoms with Crippen molar-refractivity contribution in [3.8, 4) is 0 Å². The molecule has 0 heteroatoms. The Balaban J connectivity index is 2.82. The van der Waals surface area contributed by atoms with Crippen LogP contribution in [0.15, 0.2) is 59.8 Å². The molecular formula is C20H30. The second-order valence-corrected chi connectivity index (χ2v) is 6.68. The van der Waals surface area contributed by atoms with E-state index in [4.69, 9.17) is 0 Å². The van der Waals surface area contributed by atoms with Crippen LogP contribution in [0, 0.1) is 11.3 Å². The Hall–Kier alpha value is -1.30. The van der Waals surface area contributed by atoms with Gasteiger partial charge in [0.2, 0.25) is 0 Å². The standard InChI is InChI=1S/C20H30/c1-7-16(2)10-8-11-17(3)13-14-19-18(4)12-9-15-20(19,5)6/h7-8,10-11,13-14,18H,1,9,12,15H2,2-6H3/b11-8+,16-10+,17-13+,19-14?. The molecule has 1 rings (SSSR count). The van der Waals surface area contributed by atoms with E-state index < -0.39 is 0 Å². The normalized spacial score (nSPS) is 26.2. The summed E-state index contributed by atoms with van der Waals surface area (Å²) in [6, 6.07) is 0. The minimum absolute atomic E-state index is 0.359. The molecule has 1 aliphatic carbocycles. The second kappa shape index (κ2) is 7.47. The molecule has 0 spiro atoms. The van der Waals surface area contributed by atoms with Crippen molar-refractivity contribution in [2.24, 2.45) is 11.3 Å². The molecule has 20 heavy (non-hydrogen) atoms. The van der Waals surface area contributed by atoms with Crippen LogP contribution in [0.2, 0.25) is 0 Å². The van der Waals surface area contributed by atoms with E-state index in [2.05, 4.69) is 71.6 Å². The van der Waals surface area contributed by atoms with E-state index in [1.54, 1.807) is 5.57 Å². The van der Waals surface area contributed by atoms with Gasteiger partial charge in [0, 0.05) is 0 Å². The lowest BCUT2D eigenvalue weighted by Crippen LogP contribution is -2.24. The van der Waals surface area contributed by atoms with E-state index >= 15 is 0 Å². The van der Waals surface area contributed by atoms with E-state index in [0.717, 1.165) is 5.92 Å². The van der Waals surface area contributed by atoms with Gasteiger partial charge in [-0.3, -0.25) is 0 Å². The largest absolute Gasteiger partial charge is 0.0988 e. The maximum Gasteiger partial charge on any atom is -0.0139 e. The van der Waals surface area contributed by atoms with Crippen molar-refractivity contribution >= 4 is 0 Å². The Kier molecular flexibility index (Phi) is 6.26. The van der Waals surface area contributed by atoms with E-state index in [9.17, 15) is 0 Å². The molecule has 0 aromatic rings. The van der Waals surface area contributed by atoms with Crippen LogP contribution in [0.4, 0.5) is 0 Å². The van der Waals surface area contributed by atoms with Gasteiger partial charge in [-0.1, -0.05) is 86.9 Å². The summed E-state index contributed by atoms with van der Waals surface area (Å²) in [6.07, 6.45) is 16.8. The highest BCUT2D eigenvalue weighted by Crippen LogP contribution is 2.43. The SMILES string of the molecule is C=C/C(C)=C/C=C/C(C)=C/C=C1C(C)CCCC1(C)C. The van der Waals surface area contributed by atoms with Gasteiger partial charge in [0.25, 0.3) is 0 Å². The van der Waals surface area contributed by atoms with Crippen molar-refractivity contribution in [1.29, 1.82) is 0 Å². The molecule has 0 radical (unpaired) electrons. The summed E-state index contributed by atoms with van der Waals surface area (Å²) in [5, 5.41) is 0. The zero-order chi connectivity index (χ0) is 15.2. The van der Waals surface area contributed by atoms with Gasteiger partial charge < -0.3 is 0 Å². The minimum atomic E-state index is 0.359. The molecule has 0 aliphatic heterocycles.